The molecule has 10 atom stereocenters. The molecule has 0 N–H and O–H groups in total. The van der Waals surface area contributed by atoms with E-state index < -0.39 is 55.4 Å². The Labute approximate surface area is 249 Å². The summed E-state index contributed by atoms with van der Waals surface area (Å²) in [6.45, 7) is 0.641. The summed E-state index contributed by atoms with van der Waals surface area (Å²) in [5, 5.41) is 0. The minimum Gasteiger partial charge on any atom is -0.459 e. The number of esters is 1. The summed E-state index contributed by atoms with van der Waals surface area (Å²) < 4.78 is 55.3. The van der Waals surface area contributed by atoms with E-state index in [1.165, 1.54) is 0 Å². The van der Waals surface area contributed by atoms with Gasteiger partial charge in [-0.15, -0.1) is 0 Å². The highest BCUT2D eigenvalue weighted by Gasteiger charge is 2.62. The van der Waals surface area contributed by atoms with Gasteiger partial charge in [0.15, 0.2) is 18.9 Å². The minimum atomic E-state index is -0.740. The van der Waals surface area contributed by atoms with Crippen LogP contribution >= 0.6 is 0 Å². The zero-order valence-corrected chi connectivity index (χ0v) is 23.6. The van der Waals surface area contributed by atoms with Crippen LogP contribution in [-0.4, -0.2) is 81.6 Å². The van der Waals surface area contributed by atoms with Crippen molar-refractivity contribution in [3.05, 3.63) is 108 Å². The van der Waals surface area contributed by atoms with Gasteiger partial charge in [-0.2, -0.15) is 0 Å². The fourth-order valence-electron chi connectivity index (χ4n) is 5.81. The third-order valence-corrected chi connectivity index (χ3v) is 8.06. The molecule has 4 aliphatic rings. The van der Waals surface area contributed by atoms with Crippen molar-refractivity contribution in [1.29, 1.82) is 0 Å². The van der Waals surface area contributed by atoms with Crippen molar-refractivity contribution in [2.75, 3.05) is 20.3 Å². The lowest BCUT2D eigenvalue weighted by Gasteiger charge is -2.49. The average molecular weight is 591 g/mol. The predicted molar refractivity (Wildman–Crippen MR) is 150 cm³/mol. The SMILES string of the molecule is CO[C@H]1O[C@@H]2CO[C@@H](c3ccccc3)O[C@H]2[C@H](O[C@@H]2O[C@H](COC(=O)c3ccccc3)[C@@H]3O[C@H]23)[C@H]1OCc1ccccc1. The van der Waals surface area contributed by atoms with Gasteiger partial charge in [-0.3, -0.25) is 0 Å². The summed E-state index contributed by atoms with van der Waals surface area (Å²) in [5.74, 6) is -0.419. The van der Waals surface area contributed by atoms with Crippen LogP contribution in [0.3, 0.4) is 0 Å². The first-order valence-electron chi connectivity index (χ1n) is 14.5. The van der Waals surface area contributed by atoms with E-state index in [0.717, 1.165) is 11.1 Å². The summed E-state index contributed by atoms with van der Waals surface area (Å²) in [7, 11) is 1.57. The fourth-order valence-corrected chi connectivity index (χ4v) is 5.81. The summed E-state index contributed by atoms with van der Waals surface area (Å²) in [4.78, 5) is 12.5. The molecule has 0 bridgehead atoms. The Balaban J connectivity index is 1.08. The third kappa shape index (κ3) is 6.24. The lowest BCUT2D eigenvalue weighted by molar-refractivity contribution is -0.381. The van der Waals surface area contributed by atoms with E-state index in [-0.39, 0.29) is 25.4 Å². The number of hydrogen-bond acceptors (Lipinski definition) is 10. The molecule has 0 spiro atoms. The molecule has 4 heterocycles. The van der Waals surface area contributed by atoms with Gasteiger partial charge in [0.25, 0.3) is 0 Å². The Morgan fingerprint density at radius 1 is 0.767 bits per heavy atom. The molecule has 4 fully saturated rings. The summed E-state index contributed by atoms with van der Waals surface area (Å²) in [5.41, 5.74) is 2.36. The van der Waals surface area contributed by atoms with Crippen molar-refractivity contribution in [2.24, 2.45) is 0 Å². The van der Waals surface area contributed by atoms with Crippen LogP contribution in [0, 0.1) is 0 Å². The largest absolute Gasteiger partial charge is 0.459 e. The van der Waals surface area contributed by atoms with Crippen LogP contribution in [0.25, 0.3) is 0 Å². The van der Waals surface area contributed by atoms with E-state index in [2.05, 4.69) is 0 Å². The Hall–Kier alpha value is -3.19. The molecule has 226 valence electrons. The average Bonchev–Trinajstić information content (AvgIpc) is 3.80. The zero-order chi connectivity index (χ0) is 29.2. The quantitative estimate of drug-likeness (QED) is 0.256. The molecule has 4 saturated heterocycles. The molecule has 43 heavy (non-hydrogen) atoms. The van der Waals surface area contributed by atoms with Crippen LogP contribution in [0.5, 0.6) is 0 Å². The standard InChI is InChI=1S/C33H34O10/c1-35-32-28(36-17-20-11-5-2-6-12-20)27(25-24(39-32)19-38-31(42-25)22-15-9-4-10-16-22)43-33-29-26(41-29)23(40-33)18-37-30(34)21-13-7-3-8-14-21/h2-16,23-29,31-33H,17-19H2,1H3/t23-,24-,25-,26+,27+,28-,29+,31-,32+,33+/m1/s1. The number of rotatable bonds is 10. The molecule has 3 aromatic rings. The van der Waals surface area contributed by atoms with Gasteiger partial charge >= 0.3 is 5.97 Å². The molecule has 0 unspecified atom stereocenters. The Kier molecular flexibility index (Phi) is 8.51. The number of ether oxygens (including phenoxy) is 9. The minimum absolute atomic E-state index is 0.0453. The van der Waals surface area contributed by atoms with Crippen molar-refractivity contribution < 1.29 is 47.4 Å². The molecule has 7 rings (SSSR count). The molecular formula is C33H34O10. The summed E-state index contributed by atoms with van der Waals surface area (Å²) in [6, 6.07) is 28.4. The highest BCUT2D eigenvalue weighted by atomic mass is 16.8. The maximum absolute atomic E-state index is 12.5. The number of fused-ring (bicyclic) bond motifs is 2. The van der Waals surface area contributed by atoms with E-state index in [4.69, 9.17) is 42.6 Å². The lowest BCUT2D eigenvalue weighted by atomic mass is 9.97. The third-order valence-electron chi connectivity index (χ3n) is 8.06. The first-order valence-corrected chi connectivity index (χ1v) is 14.5. The lowest BCUT2D eigenvalue weighted by Crippen LogP contribution is -2.64. The van der Waals surface area contributed by atoms with Crippen molar-refractivity contribution in [3.8, 4) is 0 Å². The molecule has 0 radical (unpaired) electrons. The molecule has 10 nitrogen and oxygen atoms in total. The molecule has 0 saturated carbocycles. The normalized spacial score (nSPS) is 34.6. The van der Waals surface area contributed by atoms with Gasteiger partial charge in [0.05, 0.1) is 18.8 Å². The van der Waals surface area contributed by atoms with Crippen LogP contribution < -0.4 is 0 Å². The number of epoxide rings is 1. The Morgan fingerprint density at radius 2 is 1.49 bits per heavy atom. The summed E-state index contributed by atoms with van der Waals surface area (Å²) in [6.07, 6.45) is -5.40. The first-order chi connectivity index (χ1) is 21.2. The predicted octanol–water partition coefficient (Wildman–Crippen LogP) is 3.79. The maximum Gasteiger partial charge on any atom is 0.338 e. The highest BCUT2D eigenvalue weighted by molar-refractivity contribution is 5.89. The van der Waals surface area contributed by atoms with Gasteiger partial charge in [-0.25, -0.2) is 4.79 Å². The summed E-state index contributed by atoms with van der Waals surface area (Å²) >= 11 is 0. The van der Waals surface area contributed by atoms with Crippen LogP contribution in [-0.2, 0) is 49.2 Å². The smallest absolute Gasteiger partial charge is 0.338 e. The number of hydrogen-bond donors (Lipinski definition) is 0. The van der Waals surface area contributed by atoms with E-state index in [0.29, 0.717) is 12.2 Å². The molecular weight excluding hydrogens is 556 g/mol. The topological polar surface area (TPSA) is 103 Å². The van der Waals surface area contributed by atoms with Gasteiger partial charge in [0, 0.05) is 12.7 Å². The maximum atomic E-state index is 12.5. The van der Waals surface area contributed by atoms with Crippen molar-refractivity contribution in [2.45, 2.75) is 68.2 Å². The molecule has 0 aromatic heterocycles. The van der Waals surface area contributed by atoms with Gasteiger partial charge in [0.1, 0.15) is 49.3 Å². The second-order valence-electron chi connectivity index (χ2n) is 10.9. The van der Waals surface area contributed by atoms with E-state index in [9.17, 15) is 4.79 Å². The molecule has 10 heteroatoms. The monoisotopic (exact) mass is 590 g/mol. The van der Waals surface area contributed by atoms with Crippen molar-refractivity contribution >= 4 is 5.97 Å². The van der Waals surface area contributed by atoms with E-state index in [1.807, 2.05) is 66.7 Å². The van der Waals surface area contributed by atoms with E-state index >= 15 is 0 Å². The Bertz CT molecular complexity index is 1340. The molecule has 3 aromatic carbocycles. The second kappa shape index (κ2) is 12.8. The van der Waals surface area contributed by atoms with Gasteiger partial charge < -0.3 is 42.6 Å². The fraction of sp³-hybridized carbons (Fsp3) is 0.424. The van der Waals surface area contributed by atoms with Crippen LogP contribution in [0.4, 0.5) is 0 Å². The number of benzene rings is 3. The molecule has 0 aliphatic carbocycles. The Morgan fingerprint density at radius 3 is 2.23 bits per heavy atom. The second-order valence-corrected chi connectivity index (χ2v) is 10.9. The number of carbonyl (C=O) groups is 1. The number of methoxy groups -OCH3 is 1. The van der Waals surface area contributed by atoms with Gasteiger partial charge in [0.2, 0.25) is 0 Å². The van der Waals surface area contributed by atoms with Crippen LogP contribution in [0.1, 0.15) is 27.8 Å². The van der Waals surface area contributed by atoms with Crippen molar-refractivity contribution in [3.63, 3.8) is 0 Å². The van der Waals surface area contributed by atoms with E-state index in [1.54, 1.807) is 31.4 Å². The zero-order valence-electron chi connectivity index (χ0n) is 23.6. The highest BCUT2D eigenvalue weighted by Crippen LogP contribution is 2.43. The van der Waals surface area contributed by atoms with Gasteiger partial charge in [-0.1, -0.05) is 78.9 Å². The van der Waals surface area contributed by atoms with Crippen molar-refractivity contribution in [1.82, 2.24) is 0 Å². The van der Waals surface area contributed by atoms with Crippen LogP contribution in [0.2, 0.25) is 0 Å². The van der Waals surface area contributed by atoms with Gasteiger partial charge in [-0.05, 0) is 17.7 Å². The number of carbonyl (C=O) groups excluding carboxylic acids is 1. The molecule has 4 aliphatic heterocycles. The first kappa shape index (κ1) is 28.6. The molecule has 0 amide bonds. The van der Waals surface area contributed by atoms with Crippen LogP contribution in [0.15, 0.2) is 91.0 Å².